The summed E-state index contributed by atoms with van der Waals surface area (Å²) < 4.78 is 0. The second-order valence-electron chi connectivity index (χ2n) is 10.9. The SMILES string of the molecule is CCc1ccc2c(c1)C1(c3ccccc3-c3ccc(Cl)cc31)c1cc(-c3ccc(-c4ccccc4)cc3)ccc1-2. The largest absolute Gasteiger partial charge is 0.0843 e. The lowest BCUT2D eigenvalue weighted by atomic mass is 9.70. The first kappa shape index (κ1) is 23.5. The number of hydrogen-bond donors (Lipinski definition) is 0. The third kappa shape index (κ3) is 3.20. The van der Waals surface area contributed by atoms with Crippen LogP contribution in [0.2, 0.25) is 5.02 Å². The Kier molecular flexibility index (Phi) is 5.18. The van der Waals surface area contributed by atoms with Crippen LogP contribution in [-0.2, 0) is 11.8 Å². The lowest BCUT2D eigenvalue weighted by molar-refractivity contribution is 0.792. The van der Waals surface area contributed by atoms with Gasteiger partial charge in [0, 0.05) is 5.02 Å². The molecule has 2 aliphatic rings. The van der Waals surface area contributed by atoms with Crippen molar-refractivity contribution in [2.75, 3.05) is 0 Å². The zero-order valence-corrected chi connectivity index (χ0v) is 23.0. The summed E-state index contributed by atoms with van der Waals surface area (Å²) in [6.07, 6.45) is 1.00. The summed E-state index contributed by atoms with van der Waals surface area (Å²) in [5.74, 6) is 0. The van der Waals surface area contributed by atoms with Crippen molar-refractivity contribution < 1.29 is 0 Å². The van der Waals surface area contributed by atoms with Crippen LogP contribution in [0, 0.1) is 0 Å². The van der Waals surface area contributed by atoms with Crippen molar-refractivity contribution >= 4 is 11.6 Å². The third-order valence-corrected chi connectivity index (χ3v) is 9.18. The van der Waals surface area contributed by atoms with E-state index in [2.05, 4.69) is 134 Å². The molecule has 0 saturated carbocycles. The Morgan fingerprint density at radius 3 is 1.73 bits per heavy atom. The molecule has 1 heteroatoms. The van der Waals surface area contributed by atoms with Gasteiger partial charge in [-0.1, -0.05) is 134 Å². The second kappa shape index (κ2) is 8.81. The third-order valence-electron chi connectivity index (χ3n) is 8.94. The monoisotopic (exact) mass is 530 g/mol. The molecule has 2 aliphatic carbocycles. The molecule has 1 spiro atoms. The van der Waals surface area contributed by atoms with Crippen LogP contribution in [0.15, 0.2) is 133 Å². The molecular formula is C39H27Cl. The fourth-order valence-corrected chi connectivity index (χ4v) is 7.26. The van der Waals surface area contributed by atoms with Crippen molar-refractivity contribution in [3.8, 4) is 44.5 Å². The average Bonchev–Trinajstić information content (AvgIpc) is 3.47. The Hall–Kier alpha value is -4.39. The highest BCUT2D eigenvalue weighted by atomic mass is 35.5. The van der Waals surface area contributed by atoms with Crippen LogP contribution in [0.25, 0.3) is 44.5 Å². The first-order chi connectivity index (χ1) is 19.7. The van der Waals surface area contributed by atoms with Crippen molar-refractivity contribution in [3.63, 3.8) is 0 Å². The van der Waals surface area contributed by atoms with E-state index in [4.69, 9.17) is 11.6 Å². The van der Waals surface area contributed by atoms with Crippen LogP contribution >= 0.6 is 11.6 Å². The van der Waals surface area contributed by atoms with E-state index >= 15 is 0 Å². The summed E-state index contributed by atoms with van der Waals surface area (Å²) in [6.45, 7) is 2.24. The van der Waals surface area contributed by atoms with E-state index in [0.717, 1.165) is 11.4 Å². The Morgan fingerprint density at radius 1 is 0.450 bits per heavy atom. The molecule has 6 aromatic rings. The minimum absolute atomic E-state index is 0.396. The van der Waals surface area contributed by atoms with Gasteiger partial charge in [-0.05, 0) is 96.9 Å². The molecule has 0 N–H and O–H groups in total. The maximum absolute atomic E-state index is 6.73. The molecule has 0 nitrogen and oxygen atoms in total. The van der Waals surface area contributed by atoms with Gasteiger partial charge in [0.1, 0.15) is 0 Å². The Morgan fingerprint density at radius 2 is 0.975 bits per heavy atom. The first-order valence-electron chi connectivity index (χ1n) is 14.0. The molecule has 6 aromatic carbocycles. The van der Waals surface area contributed by atoms with E-state index in [1.54, 1.807) is 0 Å². The van der Waals surface area contributed by atoms with Crippen molar-refractivity contribution in [2.45, 2.75) is 18.8 Å². The van der Waals surface area contributed by atoms with Crippen LogP contribution in [0.4, 0.5) is 0 Å². The Bertz CT molecular complexity index is 1930. The molecule has 40 heavy (non-hydrogen) atoms. The molecule has 0 saturated heterocycles. The molecular weight excluding hydrogens is 504 g/mol. The van der Waals surface area contributed by atoms with E-state index in [1.165, 1.54) is 72.3 Å². The van der Waals surface area contributed by atoms with Crippen molar-refractivity contribution in [1.82, 2.24) is 0 Å². The number of fused-ring (bicyclic) bond motifs is 10. The number of hydrogen-bond acceptors (Lipinski definition) is 0. The number of aryl methyl sites for hydroxylation is 1. The number of halogens is 1. The summed E-state index contributed by atoms with van der Waals surface area (Å²) in [5.41, 5.74) is 16.4. The molecule has 1 unspecified atom stereocenters. The normalized spacial score (nSPS) is 15.9. The molecule has 8 rings (SSSR count). The van der Waals surface area contributed by atoms with Crippen LogP contribution in [-0.4, -0.2) is 0 Å². The minimum Gasteiger partial charge on any atom is -0.0843 e. The highest BCUT2D eigenvalue weighted by Gasteiger charge is 2.51. The van der Waals surface area contributed by atoms with Gasteiger partial charge in [-0.3, -0.25) is 0 Å². The zero-order chi connectivity index (χ0) is 26.8. The van der Waals surface area contributed by atoms with Gasteiger partial charge < -0.3 is 0 Å². The lowest BCUT2D eigenvalue weighted by Gasteiger charge is -2.31. The molecule has 1 atom stereocenters. The molecule has 0 amide bonds. The summed E-state index contributed by atoms with van der Waals surface area (Å²) in [4.78, 5) is 0. The minimum atomic E-state index is -0.396. The van der Waals surface area contributed by atoms with Crippen molar-refractivity contribution in [2.24, 2.45) is 0 Å². The molecule has 0 bridgehead atoms. The lowest BCUT2D eigenvalue weighted by Crippen LogP contribution is -2.26. The van der Waals surface area contributed by atoms with Crippen molar-refractivity contribution in [1.29, 1.82) is 0 Å². The summed E-state index contributed by atoms with van der Waals surface area (Å²) >= 11 is 6.73. The Labute approximate surface area is 240 Å². The first-order valence-corrected chi connectivity index (χ1v) is 14.4. The predicted molar refractivity (Wildman–Crippen MR) is 168 cm³/mol. The highest BCUT2D eigenvalue weighted by molar-refractivity contribution is 6.30. The van der Waals surface area contributed by atoms with Gasteiger partial charge in [-0.2, -0.15) is 0 Å². The van der Waals surface area contributed by atoms with Gasteiger partial charge in [0.2, 0.25) is 0 Å². The second-order valence-corrected chi connectivity index (χ2v) is 11.4. The van der Waals surface area contributed by atoms with Crippen LogP contribution in [0.1, 0.15) is 34.7 Å². The highest BCUT2D eigenvalue weighted by Crippen LogP contribution is 2.63. The van der Waals surface area contributed by atoms with Gasteiger partial charge in [0.15, 0.2) is 0 Å². The standard InChI is InChI=1S/C39H27Cl/c1-2-25-12-19-32-33-20-17-29(28-15-13-27(14-16-28)26-8-4-3-5-9-26)23-37(33)39(36(32)22-25)35-11-7-6-10-31(35)34-21-18-30(40)24-38(34)39/h3-24H,2H2,1H3. The molecule has 0 heterocycles. The van der Waals surface area contributed by atoms with Crippen molar-refractivity contribution in [3.05, 3.63) is 166 Å². The fraction of sp³-hybridized carbons (Fsp3) is 0.0769. The quantitative estimate of drug-likeness (QED) is 0.213. The molecule has 0 aromatic heterocycles. The molecule has 0 radical (unpaired) electrons. The average molecular weight is 531 g/mol. The van der Waals surface area contributed by atoms with Gasteiger partial charge >= 0.3 is 0 Å². The molecule has 0 aliphatic heterocycles. The molecule has 0 fully saturated rings. The summed E-state index contributed by atoms with van der Waals surface area (Å²) in [7, 11) is 0. The Balaban J connectivity index is 1.39. The maximum Gasteiger partial charge on any atom is 0.0726 e. The number of rotatable bonds is 3. The van der Waals surface area contributed by atoms with E-state index in [-0.39, 0.29) is 0 Å². The van der Waals surface area contributed by atoms with Gasteiger partial charge in [0.05, 0.1) is 5.41 Å². The van der Waals surface area contributed by atoms with Crippen LogP contribution in [0.5, 0.6) is 0 Å². The van der Waals surface area contributed by atoms with E-state index in [0.29, 0.717) is 0 Å². The predicted octanol–water partition coefficient (Wildman–Crippen LogP) is 10.6. The topological polar surface area (TPSA) is 0 Å². The fourth-order valence-electron chi connectivity index (χ4n) is 7.09. The van der Waals surface area contributed by atoms with Gasteiger partial charge in [-0.15, -0.1) is 0 Å². The number of benzene rings is 6. The van der Waals surface area contributed by atoms with Gasteiger partial charge in [0.25, 0.3) is 0 Å². The van der Waals surface area contributed by atoms with E-state index in [9.17, 15) is 0 Å². The zero-order valence-electron chi connectivity index (χ0n) is 22.3. The smallest absolute Gasteiger partial charge is 0.0726 e. The van der Waals surface area contributed by atoms with Crippen LogP contribution in [0.3, 0.4) is 0 Å². The molecule has 190 valence electrons. The maximum atomic E-state index is 6.73. The van der Waals surface area contributed by atoms with E-state index in [1.807, 2.05) is 6.07 Å². The van der Waals surface area contributed by atoms with Crippen LogP contribution < -0.4 is 0 Å². The summed E-state index contributed by atoms with van der Waals surface area (Å²) in [5, 5.41) is 0.778. The summed E-state index contributed by atoms with van der Waals surface area (Å²) in [6, 6.07) is 49.0. The van der Waals surface area contributed by atoms with E-state index < -0.39 is 5.41 Å². The van der Waals surface area contributed by atoms with Gasteiger partial charge in [-0.25, -0.2) is 0 Å².